The number of amides is 2. The zero-order valence-electron chi connectivity index (χ0n) is 25.2. The van der Waals surface area contributed by atoms with Crippen LogP contribution in [0.2, 0.25) is 0 Å². The Kier molecular flexibility index (Phi) is 12.0. The van der Waals surface area contributed by atoms with E-state index >= 15 is 0 Å². The molecule has 0 heterocycles. The van der Waals surface area contributed by atoms with Crippen LogP contribution in [0.1, 0.15) is 49.8 Å². The molecule has 0 aliphatic carbocycles. The molecule has 0 unspecified atom stereocenters. The van der Waals surface area contributed by atoms with Crippen molar-refractivity contribution in [3.63, 3.8) is 0 Å². The van der Waals surface area contributed by atoms with E-state index in [9.17, 15) is 18.0 Å². The standard InChI is InChI=1S/C33H43N3O5S/c1-6-26(3)34-33(38)31(23-27-15-8-7-9-16-27)35(24-28-17-12-18-29(22-28)41-4)32(37)20-13-21-36(42(5,39)40)30-19-11-10-14-25(30)2/h7-12,14-19,22,26,31H,6,13,20-21,23-24H2,1-5H3,(H,34,38)/t26-,31-/m1/s1. The number of methoxy groups -OCH3 is 1. The molecule has 0 bridgehead atoms. The number of carbonyl (C=O) groups is 2. The number of sulfonamides is 1. The van der Waals surface area contributed by atoms with E-state index in [0.29, 0.717) is 24.3 Å². The van der Waals surface area contributed by atoms with E-state index in [2.05, 4.69) is 5.32 Å². The number of carbonyl (C=O) groups excluding carboxylic acids is 2. The van der Waals surface area contributed by atoms with Crippen molar-refractivity contribution in [2.24, 2.45) is 0 Å². The van der Waals surface area contributed by atoms with Crippen molar-refractivity contribution in [3.05, 3.63) is 95.6 Å². The highest BCUT2D eigenvalue weighted by Crippen LogP contribution is 2.24. The highest BCUT2D eigenvalue weighted by molar-refractivity contribution is 7.92. The van der Waals surface area contributed by atoms with Gasteiger partial charge in [0.1, 0.15) is 11.8 Å². The number of nitrogens with zero attached hydrogens (tertiary/aromatic N) is 2. The summed E-state index contributed by atoms with van der Waals surface area (Å²) in [5.41, 5.74) is 3.19. The maximum Gasteiger partial charge on any atom is 0.243 e. The summed E-state index contributed by atoms with van der Waals surface area (Å²) in [6.45, 7) is 6.15. The van der Waals surface area contributed by atoms with E-state index in [4.69, 9.17) is 4.74 Å². The van der Waals surface area contributed by atoms with Gasteiger partial charge in [0.2, 0.25) is 21.8 Å². The minimum Gasteiger partial charge on any atom is -0.497 e. The average Bonchev–Trinajstić information content (AvgIpc) is 2.97. The number of aryl methyl sites for hydroxylation is 1. The Labute approximate surface area is 250 Å². The van der Waals surface area contributed by atoms with E-state index in [-0.39, 0.29) is 37.4 Å². The molecular formula is C33H43N3O5S. The molecule has 8 nitrogen and oxygen atoms in total. The third kappa shape index (κ3) is 9.34. The predicted octanol–water partition coefficient (Wildman–Crippen LogP) is 5.10. The Balaban J connectivity index is 1.92. The number of hydrogen-bond acceptors (Lipinski definition) is 5. The Morgan fingerprint density at radius 1 is 0.952 bits per heavy atom. The normalized spacial score (nSPS) is 12.7. The Bertz CT molecular complexity index is 1430. The van der Waals surface area contributed by atoms with Crippen LogP contribution in [0.4, 0.5) is 5.69 Å². The lowest BCUT2D eigenvalue weighted by molar-refractivity contribution is -0.141. The molecule has 0 radical (unpaired) electrons. The minimum atomic E-state index is -3.57. The van der Waals surface area contributed by atoms with Crippen molar-refractivity contribution < 1.29 is 22.7 Å². The third-order valence-corrected chi connectivity index (χ3v) is 8.48. The molecule has 2 amide bonds. The fourth-order valence-corrected chi connectivity index (χ4v) is 5.81. The molecule has 226 valence electrons. The van der Waals surface area contributed by atoms with Gasteiger partial charge in [0.25, 0.3) is 0 Å². The van der Waals surface area contributed by atoms with Gasteiger partial charge in [-0.15, -0.1) is 0 Å². The summed E-state index contributed by atoms with van der Waals surface area (Å²) < 4.78 is 32.1. The van der Waals surface area contributed by atoms with Crippen LogP contribution in [0.5, 0.6) is 5.75 Å². The Hall–Kier alpha value is -3.85. The molecule has 0 fully saturated rings. The van der Waals surface area contributed by atoms with Crippen molar-refractivity contribution in [2.45, 2.75) is 65.1 Å². The van der Waals surface area contributed by atoms with Crippen molar-refractivity contribution in [1.29, 1.82) is 0 Å². The molecule has 1 N–H and O–H groups in total. The van der Waals surface area contributed by atoms with Crippen molar-refractivity contribution in [1.82, 2.24) is 10.2 Å². The number of para-hydroxylation sites is 1. The first-order chi connectivity index (χ1) is 20.0. The summed E-state index contributed by atoms with van der Waals surface area (Å²) in [5, 5.41) is 3.07. The van der Waals surface area contributed by atoms with Crippen LogP contribution in [-0.4, -0.2) is 57.1 Å². The van der Waals surface area contributed by atoms with Gasteiger partial charge in [-0.1, -0.05) is 67.6 Å². The number of hydrogen-bond donors (Lipinski definition) is 1. The van der Waals surface area contributed by atoms with E-state index in [1.807, 2.05) is 87.5 Å². The molecule has 3 aromatic rings. The van der Waals surface area contributed by atoms with Crippen molar-refractivity contribution in [3.8, 4) is 5.75 Å². The van der Waals surface area contributed by atoms with E-state index in [0.717, 1.165) is 23.1 Å². The molecule has 42 heavy (non-hydrogen) atoms. The zero-order valence-corrected chi connectivity index (χ0v) is 26.1. The highest BCUT2D eigenvalue weighted by Gasteiger charge is 2.31. The average molecular weight is 594 g/mol. The summed E-state index contributed by atoms with van der Waals surface area (Å²) in [5.74, 6) is 0.212. The van der Waals surface area contributed by atoms with Gasteiger partial charge in [-0.25, -0.2) is 8.42 Å². The second kappa shape index (κ2) is 15.4. The monoisotopic (exact) mass is 593 g/mol. The van der Waals surface area contributed by atoms with Gasteiger partial charge in [0.15, 0.2) is 0 Å². The number of anilines is 1. The molecule has 0 saturated carbocycles. The van der Waals surface area contributed by atoms with Gasteiger partial charge >= 0.3 is 0 Å². The van der Waals surface area contributed by atoms with Crippen LogP contribution in [0.25, 0.3) is 0 Å². The SMILES string of the molecule is CC[C@@H](C)NC(=O)[C@@H](Cc1ccccc1)N(Cc1cccc(OC)c1)C(=O)CCCN(c1ccccc1C)S(C)(=O)=O. The maximum atomic E-state index is 14.0. The number of nitrogens with one attached hydrogen (secondary N) is 1. The molecule has 0 aromatic heterocycles. The number of ether oxygens (including phenoxy) is 1. The predicted molar refractivity (Wildman–Crippen MR) is 168 cm³/mol. The zero-order chi connectivity index (χ0) is 30.7. The second-order valence-electron chi connectivity index (χ2n) is 10.6. The molecule has 0 saturated heterocycles. The van der Waals surface area contributed by atoms with Gasteiger partial charge in [0, 0.05) is 32.0 Å². The first-order valence-electron chi connectivity index (χ1n) is 14.3. The van der Waals surface area contributed by atoms with E-state index in [1.54, 1.807) is 24.1 Å². The fourth-order valence-electron chi connectivity index (χ4n) is 4.79. The number of rotatable bonds is 15. The van der Waals surface area contributed by atoms with E-state index < -0.39 is 16.1 Å². The summed E-state index contributed by atoms with van der Waals surface area (Å²) in [7, 11) is -1.99. The Morgan fingerprint density at radius 3 is 2.26 bits per heavy atom. The summed E-state index contributed by atoms with van der Waals surface area (Å²) in [4.78, 5) is 29.3. The van der Waals surface area contributed by atoms with Crippen molar-refractivity contribution in [2.75, 3.05) is 24.2 Å². The maximum absolute atomic E-state index is 14.0. The minimum absolute atomic E-state index is 0.0537. The molecule has 0 aliphatic heterocycles. The first-order valence-corrected chi connectivity index (χ1v) is 16.2. The molecule has 9 heteroatoms. The van der Waals surface area contributed by atoms with Crippen LogP contribution in [0, 0.1) is 6.92 Å². The third-order valence-electron chi connectivity index (χ3n) is 7.30. The highest BCUT2D eigenvalue weighted by atomic mass is 32.2. The molecular weight excluding hydrogens is 550 g/mol. The summed E-state index contributed by atoms with van der Waals surface area (Å²) >= 11 is 0. The molecule has 0 aliphatic rings. The second-order valence-corrected chi connectivity index (χ2v) is 12.5. The molecule has 3 aromatic carbocycles. The lowest BCUT2D eigenvalue weighted by atomic mass is 10.0. The van der Waals surface area contributed by atoms with Gasteiger partial charge in [-0.2, -0.15) is 0 Å². The summed E-state index contributed by atoms with van der Waals surface area (Å²) in [6.07, 6.45) is 2.64. The van der Waals surface area contributed by atoms with Gasteiger partial charge in [-0.3, -0.25) is 13.9 Å². The van der Waals surface area contributed by atoms with Gasteiger partial charge in [-0.05, 0) is 61.6 Å². The van der Waals surface area contributed by atoms with Gasteiger partial charge in [0.05, 0.1) is 19.1 Å². The van der Waals surface area contributed by atoms with Crippen LogP contribution < -0.4 is 14.4 Å². The van der Waals surface area contributed by atoms with Crippen LogP contribution in [0.15, 0.2) is 78.9 Å². The van der Waals surface area contributed by atoms with E-state index in [1.165, 1.54) is 10.6 Å². The quantitative estimate of drug-likeness (QED) is 0.264. The molecule has 2 atom stereocenters. The molecule has 0 spiro atoms. The molecule has 3 rings (SSSR count). The fraction of sp³-hybridized carbons (Fsp3) is 0.394. The van der Waals surface area contributed by atoms with Crippen LogP contribution >= 0.6 is 0 Å². The van der Waals surface area contributed by atoms with Crippen LogP contribution in [0.3, 0.4) is 0 Å². The lowest BCUT2D eigenvalue weighted by Gasteiger charge is -2.33. The number of benzene rings is 3. The smallest absolute Gasteiger partial charge is 0.243 e. The first kappa shape index (κ1) is 32.7. The lowest BCUT2D eigenvalue weighted by Crippen LogP contribution is -2.52. The summed E-state index contributed by atoms with van der Waals surface area (Å²) in [6, 6.07) is 23.6. The largest absolute Gasteiger partial charge is 0.497 e. The van der Waals surface area contributed by atoms with Crippen molar-refractivity contribution >= 4 is 27.5 Å². The van der Waals surface area contributed by atoms with Gasteiger partial charge < -0.3 is 15.0 Å². The van der Waals surface area contributed by atoms with Crippen LogP contribution in [-0.2, 0) is 32.6 Å². The topological polar surface area (TPSA) is 96.0 Å². The Morgan fingerprint density at radius 2 is 1.62 bits per heavy atom.